The van der Waals surface area contributed by atoms with E-state index in [1.54, 1.807) is 36.4 Å². The van der Waals surface area contributed by atoms with Gasteiger partial charge in [-0.15, -0.1) is 0 Å². The Morgan fingerprint density at radius 1 is 0.924 bits per heavy atom. The van der Waals surface area contributed by atoms with Crippen LogP contribution < -0.4 is 47.9 Å². The number of amides is 5. The van der Waals surface area contributed by atoms with E-state index < -0.39 is 53.7 Å². The van der Waals surface area contributed by atoms with Gasteiger partial charge >= 0.3 is 0 Å². The fourth-order valence-electron chi connectivity index (χ4n) is 7.64. The minimum absolute atomic E-state index is 0.00298. The molecule has 10 N–H and O–H groups in total. The van der Waals surface area contributed by atoms with Crippen LogP contribution in [0.5, 0.6) is 11.5 Å². The third-order valence-corrected chi connectivity index (χ3v) is 10.9. The van der Waals surface area contributed by atoms with E-state index in [1.807, 2.05) is 37.3 Å². The van der Waals surface area contributed by atoms with Crippen molar-refractivity contribution in [1.82, 2.24) is 36.1 Å². The molecule has 0 fully saturated rings. The number of aromatic nitrogens is 2. The molecule has 4 atom stereocenters. The summed E-state index contributed by atoms with van der Waals surface area (Å²) in [6.45, 7) is 8.00. The number of benzene rings is 3. The SMILES string of the molecule is CCc1nc(-c2ccc(CC(C)C)cc2)ncc1C(=O)N[C@@H](CCN)C(=O)N(C)[C@@H]1C(=O)N[C@@H](C)C(=O)N[C@H](C(=O)NCC#N)Cc2ccc(OCCN)c(c2)-c2cc1ccc2OCCN. The van der Waals surface area contributed by atoms with Gasteiger partial charge in [0.25, 0.3) is 5.91 Å². The zero-order valence-corrected chi connectivity index (χ0v) is 38.2. The van der Waals surface area contributed by atoms with Crippen molar-refractivity contribution in [2.24, 2.45) is 23.1 Å². The standard InChI is InChI=1S/C48H61N11O7/c1-6-37-36(27-54-43(56-37)32-10-7-30(8-11-32)23-28(2)3)45(61)57-38(15-16-49)48(64)59(5)42-33-12-14-41(66-22-19-52)35(26-33)34-24-31(9-13-40(34)65-21-18-51)25-39(46(62)53-20-17-50)58-44(60)29(4)55-47(42)63/h7-14,24,26-29,38-39,42H,6,15-16,18-23,25,49,51-52H2,1-5H3,(H,53,62)(H,55,63)(H,57,61)(H,58,60)/t29-,38-,39-,42-/m0/s1. The molecule has 350 valence electrons. The lowest BCUT2D eigenvalue weighted by atomic mass is 9.93. The fourth-order valence-corrected chi connectivity index (χ4v) is 7.64. The van der Waals surface area contributed by atoms with Gasteiger partial charge in [0, 0.05) is 49.4 Å². The first-order chi connectivity index (χ1) is 31.7. The third kappa shape index (κ3) is 12.7. The number of hydrogen-bond donors (Lipinski definition) is 7. The van der Waals surface area contributed by atoms with Crippen LogP contribution in [0.3, 0.4) is 0 Å². The van der Waals surface area contributed by atoms with Gasteiger partial charge in [0.05, 0.1) is 17.3 Å². The Hall–Kier alpha value is -6.94. The average molecular weight is 904 g/mol. The van der Waals surface area contributed by atoms with Gasteiger partial charge in [-0.1, -0.05) is 57.2 Å². The molecule has 1 aliphatic rings. The largest absolute Gasteiger partial charge is 0.492 e. The maximum Gasteiger partial charge on any atom is 0.255 e. The maximum atomic E-state index is 14.7. The normalized spacial score (nSPS) is 16.5. The highest BCUT2D eigenvalue weighted by atomic mass is 16.5. The van der Waals surface area contributed by atoms with E-state index in [2.05, 4.69) is 40.1 Å². The molecular formula is C48H61N11O7. The summed E-state index contributed by atoms with van der Waals surface area (Å²) in [5.74, 6) is -1.60. The van der Waals surface area contributed by atoms with E-state index >= 15 is 0 Å². The predicted octanol–water partition coefficient (Wildman–Crippen LogP) is 2.08. The molecule has 0 saturated carbocycles. The zero-order valence-electron chi connectivity index (χ0n) is 38.2. The number of carbonyl (C=O) groups is 5. The highest BCUT2D eigenvalue weighted by molar-refractivity contribution is 6.00. The molecule has 4 bridgehead atoms. The summed E-state index contributed by atoms with van der Waals surface area (Å²) in [4.78, 5) is 80.8. The maximum absolute atomic E-state index is 14.7. The molecule has 0 saturated heterocycles. The van der Waals surface area contributed by atoms with Crippen LogP contribution in [0, 0.1) is 17.2 Å². The first kappa shape index (κ1) is 50.1. The van der Waals surface area contributed by atoms with Gasteiger partial charge in [-0.05, 0) is 79.6 Å². The van der Waals surface area contributed by atoms with Gasteiger partial charge < -0.3 is 52.8 Å². The molecule has 66 heavy (non-hydrogen) atoms. The van der Waals surface area contributed by atoms with Gasteiger partial charge in [-0.3, -0.25) is 24.0 Å². The highest BCUT2D eigenvalue weighted by Gasteiger charge is 2.36. The molecule has 0 aliphatic carbocycles. The molecule has 18 heteroatoms. The number of fused-ring (bicyclic) bond motifs is 5. The number of ether oxygens (including phenoxy) is 2. The van der Waals surface area contributed by atoms with Crippen LogP contribution in [0.25, 0.3) is 22.5 Å². The first-order valence-corrected chi connectivity index (χ1v) is 22.1. The Bertz CT molecular complexity index is 2400. The van der Waals surface area contributed by atoms with Crippen LogP contribution in [0.2, 0.25) is 0 Å². The van der Waals surface area contributed by atoms with Gasteiger partial charge in [0.15, 0.2) is 5.82 Å². The Morgan fingerprint density at radius 2 is 1.59 bits per heavy atom. The monoisotopic (exact) mass is 903 g/mol. The van der Waals surface area contributed by atoms with Gasteiger partial charge in [0.2, 0.25) is 23.6 Å². The van der Waals surface area contributed by atoms with Crippen LogP contribution in [0.4, 0.5) is 0 Å². The summed E-state index contributed by atoms with van der Waals surface area (Å²) >= 11 is 0. The fraction of sp³-hybridized carbons (Fsp3) is 0.417. The van der Waals surface area contributed by atoms with Crippen molar-refractivity contribution >= 4 is 29.5 Å². The topological polar surface area (TPSA) is 283 Å². The Labute approximate surface area is 385 Å². The smallest absolute Gasteiger partial charge is 0.255 e. The number of hydrogen-bond acceptors (Lipinski definition) is 13. The van der Waals surface area contributed by atoms with E-state index in [0.29, 0.717) is 57.6 Å². The molecule has 4 aromatic rings. The molecule has 2 heterocycles. The summed E-state index contributed by atoms with van der Waals surface area (Å²) in [5.41, 5.74) is 22.2. The molecule has 0 unspecified atom stereocenters. The van der Waals surface area contributed by atoms with Crippen LogP contribution in [-0.2, 0) is 38.4 Å². The molecule has 0 radical (unpaired) electrons. The molecule has 1 aromatic heterocycles. The van der Waals surface area contributed by atoms with E-state index in [1.165, 1.54) is 30.6 Å². The molecule has 18 nitrogen and oxygen atoms in total. The second-order valence-corrected chi connectivity index (χ2v) is 16.4. The lowest BCUT2D eigenvalue weighted by molar-refractivity contribution is -0.141. The number of nitrogens with zero attached hydrogens (tertiary/aromatic N) is 4. The summed E-state index contributed by atoms with van der Waals surface area (Å²) in [5, 5.41) is 19.9. The van der Waals surface area contributed by atoms with Gasteiger partial charge in [-0.25, -0.2) is 9.97 Å². The second kappa shape index (κ2) is 23.8. The minimum Gasteiger partial charge on any atom is -0.492 e. The van der Waals surface area contributed by atoms with Crippen molar-refractivity contribution in [3.63, 3.8) is 0 Å². The van der Waals surface area contributed by atoms with Crippen molar-refractivity contribution in [3.8, 4) is 40.1 Å². The lowest BCUT2D eigenvalue weighted by Crippen LogP contribution is -2.56. The lowest BCUT2D eigenvalue weighted by Gasteiger charge is -2.32. The average Bonchev–Trinajstić information content (AvgIpc) is 3.31. The number of nitrogens with one attached hydrogen (secondary N) is 4. The number of nitrogens with two attached hydrogens (primary N) is 3. The van der Waals surface area contributed by atoms with Crippen molar-refractivity contribution in [2.45, 2.75) is 77.5 Å². The Balaban J connectivity index is 1.56. The number of aryl methyl sites for hydroxylation is 1. The number of likely N-dealkylation sites (N-methyl/N-ethyl adjacent to an activating group) is 1. The predicted molar refractivity (Wildman–Crippen MR) is 249 cm³/mol. The Morgan fingerprint density at radius 3 is 2.21 bits per heavy atom. The van der Waals surface area contributed by atoms with Gasteiger partial charge in [0.1, 0.15) is 55.4 Å². The summed E-state index contributed by atoms with van der Waals surface area (Å²) in [6, 6.07) is 15.0. The van der Waals surface area contributed by atoms with Crippen molar-refractivity contribution < 1.29 is 33.4 Å². The zero-order chi connectivity index (χ0) is 47.9. The molecule has 1 aliphatic heterocycles. The van der Waals surface area contributed by atoms with E-state index in [4.69, 9.17) is 36.9 Å². The number of nitriles is 1. The van der Waals surface area contributed by atoms with Crippen LogP contribution in [0.15, 0.2) is 66.9 Å². The summed E-state index contributed by atoms with van der Waals surface area (Å²) in [6.07, 6.45) is 2.78. The minimum atomic E-state index is -1.40. The number of carbonyl (C=O) groups excluding carboxylic acids is 5. The van der Waals surface area contributed by atoms with Gasteiger partial charge in [-0.2, -0.15) is 5.26 Å². The highest BCUT2D eigenvalue weighted by Crippen LogP contribution is 2.40. The number of rotatable bonds is 18. The quantitative estimate of drug-likeness (QED) is 0.0706. The molecule has 5 rings (SSSR count). The third-order valence-electron chi connectivity index (χ3n) is 10.9. The molecule has 3 aromatic carbocycles. The van der Waals surface area contributed by atoms with E-state index in [0.717, 1.165) is 12.0 Å². The van der Waals surface area contributed by atoms with Crippen molar-refractivity contribution in [1.29, 1.82) is 5.26 Å². The summed E-state index contributed by atoms with van der Waals surface area (Å²) < 4.78 is 12.2. The van der Waals surface area contributed by atoms with Crippen LogP contribution in [0.1, 0.15) is 72.9 Å². The molecule has 0 spiro atoms. The first-order valence-electron chi connectivity index (χ1n) is 22.1. The summed E-state index contributed by atoms with van der Waals surface area (Å²) in [7, 11) is 1.42. The van der Waals surface area contributed by atoms with Crippen molar-refractivity contribution in [3.05, 3.63) is 94.8 Å². The van der Waals surface area contributed by atoms with E-state index in [9.17, 15) is 24.0 Å². The van der Waals surface area contributed by atoms with Crippen LogP contribution in [-0.4, -0.2) is 109 Å². The Kier molecular flexibility index (Phi) is 18.1. The molecular weight excluding hydrogens is 843 g/mol. The van der Waals surface area contributed by atoms with Crippen LogP contribution >= 0.6 is 0 Å². The molecule has 5 amide bonds. The van der Waals surface area contributed by atoms with E-state index in [-0.39, 0.29) is 57.8 Å². The van der Waals surface area contributed by atoms with Crippen molar-refractivity contribution in [2.75, 3.05) is 46.4 Å². The second-order valence-electron chi connectivity index (χ2n) is 16.4.